The van der Waals surface area contributed by atoms with E-state index in [1.165, 1.54) is 7.11 Å². The number of hydrogen-bond acceptors (Lipinski definition) is 6. The largest absolute Gasteiger partial charge is 0.497 e. The van der Waals surface area contributed by atoms with Gasteiger partial charge < -0.3 is 30.6 Å². The lowest BCUT2D eigenvalue weighted by atomic mass is 10.1. The van der Waals surface area contributed by atoms with E-state index in [0.29, 0.717) is 41.5 Å². The number of nitrogens with two attached hydrogens (primary N) is 1. The lowest BCUT2D eigenvalue weighted by molar-refractivity contribution is -0.119. The van der Waals surface area contributed by atoms with Crippen LogP contribution in [0.25, 0.3) is 0 Å². The molecule has 0 bridgehead atoms. The summed E-state index contributed by atoms with van der Waals surface area (Å²) in [5.74, 6) is 1.06. The minimum absolute atomic E-state index is 0.000614. The second kappa shape index (κ2) is 10.1. The summed E-state index contributed by atoms with van der Waals surface area (Å²) < 4.78 is 15.6. The number of ether oxygens (including phenoxy) is 3. The topological polar surface area (TPSA) is 112 Å². The van der Waals surface area contributed by atoms with Crippen LogP contribution in [-0.4, -0.2) is 46.2 Å². The minimum Gasteiger partial charge on any atom is -0.497 e. The summed E-state index contributed by atoms with van der Waals surface area (Å²) in [6.07, 6.45) is 0.637. The Labute approximate surface area is 164 Å². The van der Waals surface area contributed by atoms with Crippen LogP contribution >= 0.6 is 0 Å². The summed E-state index contributed by atoms with van der Waals surface area (Å²) in [5.41, 5.74) is 7.11. The van der Waals surface area contributed by atoms with E-state index in [4.69, 9.17) is 19.9 Å². The molecule has 0 aliphatic rings. The molecular weight excluding hydrogens is 362 g/mol. The highest BCUT2D eigenvalue weighted by Gasteiger charge is 2.11. The summed E-state index contributed by atoms with van der Waals surface area (Å²) in [6, 6.07) is 10.4. The van der Waals surface area contributed by atoms with Gasteiger partial charge in [-0.15, -0.1) is 0 Å². The molecule has 8 nitrogen and oxygen atoms in total. The fourth-order valence-corrected chi connectivity index (χ4v) is 2.63. The van der Waals surface area contributed by atoms with Gasteiger partial charge in [-0.1, -0.05) is 6.07 Å². The Morgan fingerprint density at radius 2 is 1.71 bits per heavy atom. The van der Waals surface area contributed by atoms with Gasteiger partial charge >= 0.3 is 0 Å². The molecule has 0 spiro atoms. The quantitative estimate of drug-likeness (QED) is 0.571. The first-order valence-corrected chi connectivity index (χ1v) is 8.67. The average molecular weight is 387 g/mol. The maximum Gasteiger partial charge on any atom is 0.250 e. The van der Waals surface area contributed by atoms with Crippen molar-refractivity contribution in [2.75, 3.05) is 39.7 Å². The van der Waals surface area contributed by atoms with E-state index < -0.39 is 5.91 Å². The second-order valence-corrected chi connectivity index (χ2v) is 5.92. The van der Waals surface area contributed by atoms with Gasteiger partial charge in [0.05, 0.1) is 39.1 Å². The Kier molecular flexibility index (Phi) is 7.50. The van der Waals surface area contributed by atoms with Gasteiger partial charge in [-0.25, -0.2) is 0 Å². The molecule has 0 radical (unpaired) electrons. The molecule has 0 aliphatic carbocycles. The van der Waals surface area contributed by atoms with Crippen LogP contribution in [0.3, 0.4) is 0 Å². The molecule has 2 rings (SSSR count). The number of hydrogen-bond donors (Lipinski definition) is 3. The average Bonchev–Trinajstić information content (AvgIpc) is 2.71. The third-order valence-corrected chi connectivity index (χ3v) is 4.12. The van der Waals surface area contributed by atoms with Gasteiger partial charge in [0, 0.05) is 12.6 Å². The maximum atomic E-state index is 12.1. The van der Waals surface area contributed by atoms with Gasteiger partial charge in [0.25, 0.3) is 5.91 Å². The standard InChI is InChI=1S/C20H25N3O5/c1-26-14-5-6-15(20(21)25)16(11-14)23-12-19(24)22-9-8-13-4-7-17(27-2)18(10-13)28-3/h4-7,10-11,23H,8-9,12H2,1-3H3,(H2,21,25)(H,22,24). The van der Waals surface area contributed by atoms with Crippen LogP contribution in [0.4, 0.5) is 5.69 Å². The molecule has 0 saturated carbocycles. The third kappa shape index (κ3) is 5.54. The van der Waals surface area contributed by atoms with E-state index in [-0.39, 0.29) is 12.5 Å². The molecule has 28 heavy (non-hydrogen) atoms. The molecule has 0 aromatic heterocycles. The molecule has 0 saturated heterocycles. The highest BCUT2D eigenvalue weighted by atomic mass is 16.5. The number of methoxy groups -OCH3 is 3. The number of nitrogens with one attached hydrogen (secondary N) is 2. The van der Waals surface area contributed by atoms with Crippen molar-refractivity contribution < 1.29 is 23.8 Å². The molecule has 8 heteroatoms. The molecule has 2 aromatic rings. The molecular formula is C20H25N3O5. The zero-order valence-electron chi connectivity index (χ0n) is 16.2. The first-order valence-electron chi connectivity index (χ1n) is 8.67. The molecule has 2 amide bonds. The van der Waals surface area contributed by atoms with Crippen molar-refractivity contribution >= 4 is 17.5 Å². The Bertz CT molecular complexity index is 839. The van der Waals surface area contributed by atoms with E-state index in [1.54, 1.807) is 32.4 Å². The Morgan fingerprint density at radius 3 is 2.36 bits per heavy atom. The van der Waals surface area contributed by atoms with Crippen LogP contribution < -0.4 is 30.6 Å². The summed E-state index contributed by atoms with van der Waals surface area (Å²) >= 11 is 0. The van der Waals surface area contributed by atoms with Gasteiger partial charge in [-0.3, -0.25) is 9.59 Å². The lowest BCUT2D eigenvalue weighted by Crippen LogP contribution is -2.31. The number of benzene rings is 2. The smallest absolute Gasteiger partial charge is 0.250 e. The predicted octanol–water partition coefficient (Wildman–Crippen LogP) is 1.58. The van der Waals surface area contributed by atoms with Gasteiger partial charge in [0.15, 0.2) is 11.5 Å². The van der Waals surface area contributed by atoms with Crippen LogP contribution in [0, 0.1) is 0 Å². The number of rotatable bonds is 10. The lowest BCUT2D eigenvalue weighted by Gasteiger charge is -2.12. The van der Waals surface area contributed by atoms with Gasteiger partial charge in [0.2, 0.25) is 5.91 Å². The van der Waals surface area contributed by atoms with E-state index in [2.05, 4.69) is 10.6 Å². The first kappa shape index (κ1) is 20.9. The van der Waals surface area contributed by atoms with Gasteiger partial charge in [-0.05, 0) is 36.2 Å². The summed E-state index contributed by atoms with van der Waals surface area (Å²) in [6.45, 7) is 0.455. The predicted molar refractivity (Wildman–Crippen MR) is 106 cm³/mol. The summed E-state index contributed by atoms with van der Waals surface area (Å²) in [7, 11) is 4.68. The SMILES string of the molecule is COc1ccc(C(N)=O)c(NCC(=O)NCCc2ccc(OC)c(OC)c2)c1. The summed E-state index contributed by atoms with van der Waals surface area (Å²) in [5, 5.41) is 5.75. The van der Waals surface area contributed by atoms with Crippen LogP contribution in [0.1, 0.15) is 15.9 Å². The van der Waals surface area contributed by atoms with Crippen LogP contribution in [0.15, 0.2) is 36.4 Å². The van der Waals surface area contributed by atoms with Crippen molar-refractivity contribution in [2.24, 2.45) is 5.73 Å². The van der Waals surface area contributed by atoms with E-state index in [1.807, 2.05) is 18.2 Å². The van der Waals surface area contributed by atoms with Crippen molar-refractivity contribution in [2.45, 2.75) is 6.42 Å². The van der Waals surface area contributed by atoms with Crippen molar-refractivity contribution in [1.29, 1.82) is 0 Å². The van der Waals surface area contributed by atoms with Crippen molar-refractivity contribution in [3.63, 3.8) is 0 Å². The van der Waals surface area contributed by atoms with Gasteiger partial charge in [-0.2, -0.15) is 0 Å². The Hall–Kier alpha value is -3.42. The molecule has 4 N–H and O–H groups in total. The Balaban J connectivity index is 1.87. The number of carbonyl (C=O) groups is 2. The van der Waals surface area contributed by atoms with Crippen molar-refractivity contribution in [1.82, 2.24) is 5.32 Å². The van der Waals surface area contributed by atoms with Crippen molar-refractivity contribution in [3.05, 3.63) is 47.5 Å². The fraction of sp³-hybridized carbons (Fsp3) is 0.300. The molecule has 0 fully saturated rings. The minimum atomic E-state index is -0.584. The number of carbonyl (C=O) groups excluding carboxylic acids is 2. The molecule has 2 aromatic carbocycles. The third-order valence-electron chi connectivity index (χ3n) is 4.12. The molecule has 0 heterocycles. The molecule has 0 unspecified atom stereocenters. The molecule has 0 aliphatic heterocycles. The number of primary amides is 1. The van der Waals surface area contributed by atoms with Crippen LogP contribution in [0.5, 0.6) is 17.2 Å². The highest BCUT2D eigenvalue weighted by molar-refractivity contribution is 5.99. The number of amides is 2. The fourth-order valence-electron chi connectivity index (χ4n) is 2.63. The Morgan fingerprint density at radius 1 is 0.964 bits per heavy atom. The van der Waals surface area contributed by atoms with Crippen LogP contribution in [0.2, 0.25) is 0 Å². The van der Waals surface area contributed by atoms with Crippen LogP contribution in [-0.2, 0) is 11.2 Å². The van der Waals surface area contributed by atoms with E-state index in [0.717, 1.165) is 5.56 Å². The van der Waals surface area contributed by atoms with Crippen molar-refractivity contribution in [3.8, 4) is 17.2 Å². The monoisotopic (exact) mass is 387 g/mol. The zero-order chi connectivity index (χ0) is 20.5. The van der Waals surface area contributed by atoms with E-state index in [9.17, 15) is 9.59 Å². The maximum absolute atomic E-state index is 12.1. The number of anilines is 1. The van der Waals surface area contributed by atoms with Gasteiger partial charge in [0.1, 0.15) is 5.75 Å². The second-order valence-electron chi connectivity index (χ2n) is 5.92. The summed E-state index contributed by atoms with van der Waals surface area (Å²) in [4.78, 5) is 23.6. The zero-order valence-corrected chi connectivity index (χ0v) is 16.2. The molecule has 0 atom stereocenters. The normalized spacial score (nSPS) is 10.1. The molecule has 150 valence electrons. The van der Waals surface area contributed by atoms with E-state index >= 15 is 0 Å². The highest BCUT2D eigenvalue weighted by Crippen LogP contribution is 2.27. The first-order chi connectivity index (χ1) is 13.5.